The van der Waals surface area contributed by atoms with E-state index in [4.69, 9.17) is 22.7 Å². The average Bonchev–Trinajstić information content (AvgIpc) is 2.39. The Kier molecular flexibility index (Phi) is 4.77. The number of hydrogen-bond donors (Lipinski definition) is 1. The monoisotopic (exact) mass is 256 g/mol. The maximum atomic E-state index is 5.69. The number of thiocarbonyl (C=S) groups is 1. The van der Waals surface area contributed by atoms with Gasteiger partial charge in [-0.15, -0.1) is 0 Å². The molecule has 1 saturated carbocycles. The predicted molar refractivity (Wildman–Crippen MR) is 74.1 cm³/mol. The third-order valence-corrected chi connectivity index (χ3v) is 4.53. The molecule has 2 aliphatic rings. The lowest BCUT2D eigenvalue weighted by molar-refractivity contribution is -0.0218. The van der Waals surface area contributed by atoms with Crippen molar-refractivity contribution in [3.05, 3.63) is 0 Å². The summed E-state index contributed by atoms with van der Waals surface area (Å²) >= 11 is 5.04. The molecule has 0 aromatic heterocycles. The van der Waals surface area contributed by atoms with Crippen LogP contribution in [0, 0.1) is 5.92 Å². The molecule has 1 aliphatic carbocycles. The van der Waals surface area contributed by atoms with Crippen LogP contribution >= 0.6 is 12.2 Å². The summed E-state index contributed by atoms with van der Waals surface area (Å²) in [7, 11) is 0. The number of hydrogen-bond acceptors (Lipinski definition) is 3. The molecule has 1 saturated heterocycles. The summed E-state index contributed by atoms with van der Waals surface area (Å²) in [6.45, 7) is 5.02. The summed E-state index contributed by atoms with van der Waals surface area (Å²) in [5, 5.41) is 0. The van der Waals surface area contributed by atoms with Crippen LogP contribution < -0.4 is 5.73 Å². The van der Waals surface area contributed by atoms with Crippen LogP contribution in [0.25, 0.3) is 0 Å². The molecule has 98 valence electrons. The molecule has 2 fully saturated rings. The number of ether oxygens (including phenoxy) is 1. The van der Waals surface area contributed by atoms with Gasteiger partial charge in [-0.25, -0.2) is 0 Å². The second-order valence-corrected chi connectivity index (χ2v) is 5.82. The molecule has 0 spiro atoms. The molecule has 3 nitrogen and oxygen atoms in total. The lowest BCUT2D eigenvalue weighted by atomic mass is 9.83. The summed E-state index contributed by atoms with van der Waals surface area (Å²) in [6, 6.07) is 0.731. The molecule has 0 aromatic carbocycles. The lowest BCUT2D eigenvalue weighted by Gasteiger charge is -2.41. The molecular formula is C13H24N2OS. The van der Waals surface area contributed by atoms with E-state index in [9.17, 15) is 0 Å². The molecule has 0 aromatic rings. The molecule has 3 atom stereocenters. The van der Waals surface area contributed by atoms with Crippen LogP contribution in [-0.4, -0.2) is 41.7 Å². The van der Waals surface area contributed by atoms with Crippen LogP contribution in [0.5, 0.6) is 0 Å². The van der Waals surface area contributed by atoms with Crippen LogP contribution in [0.2, 0.25) is 0 Å². The fourth-order valence-electron chi connectivity index (χ4n) is 3.14. The van der Waals surface area contributed by atoms with Gasteiger partial charge in [-0.3, -0.25) is 4.90 Å². The Morgan fingerprint density at radius 1 is 1.47 bits per heavy atom. The van der Waals surface area contributed by atoms with Crippen molar-refractivity contribution in [3.8, 4) is 0 Å². The highest BCUT2D eigenvalue weighted by Crippen LogP contribution is 2.30. The minimum Gasteiger partial charge on any atom is -0.391 e. The zero-order valence-electron chi connectivity index (χ0n) is 10.7. The molecular weight excluding hydrogens is 232 g/mol. The summed E-state index contributed by atoms with van der Waals surface area (Å²) in [4.78, 5) is 3.06. The van der Waals surface area contributed by atoms with E-state index in [0.29, 0.717) is 4.99 Å². The Labute approximate surface area is 110 Å². The minimum absolute atomic E-state index is 0.0271. The smallest absolute Gasteiger partial charge is 0.120 e. The van der Waals surface area contributed by atoms with E-state index in [1.165, 1.54) is 32.1 Å². The molecule has 0 radical (unpaired) electrons. The first-order valence-corrected chi connectivity index (χ1v) is 7.26. The molecule has 3 unspecified atom stereocenters. The van der Waals surface area contributed by atoms with Gasteiger partial charge in [0.05, 0.1) is 6.61 Å². The van der Waals surface area contributed by atoms with Gasteiger partial charge in [-0.05, 0) is 18.8 Å². The van der Waals surface area contributed by atoms with E-state index < -0.39 is 0 Å². The highest BCUT2D eigenvalue weighted by Gasteiger charge is 2.30. The minimum atomic E-state index is -0.0271. The van der Waals surface area contributed by atoms with Gasteiger partial charge in [0.1, 0.15) is 11.1 Å². The van der Waals surface area contributed by atoms with E-state index in [-0.39, 0.29) is 6.10 Å². The summed E-state index contributed by atoms with van der Waals surface area (Å²) in [6.07, 6.45) is 6.76. The normalized spacial score (nSPS) is 35.7. The van der Waals surface area contributed by atoms with E-state index in [2.05, 4.69) is 11.8 Å². The second kappa shape index (κ2) is 6.12. The fourth-order valence-corrected chi connectivity index (χ4v) is 3.28. The first kappa shape index (κ1) is 13.2. The van der Waals surface area contributed by atoms with Gasteiger partial charge in [-0.2, -0.15) is 0 Å². The van der Waals surface area contributed by atoms with Crippen molar-refractivity contribution in [2.75, 3.05) is 19.7 Å². The highest BCUT2D eigenvalue weighted by molar-refractivity contribution is 7.80. The lowest BCUT2D eigenvalue weighted by Crippen LogP contribution is -2.52. The summed E-state index contributed by atoms with van der Waals surface area (Å²) < 4.78 is 5.61. The molecule has 0 bridgehead atoms. The Bertz CT molecular complexity index is 272. The van der Waals surface area contributed by atoms with E-state index >= 15 is 0 Å². The van der Waals surface area contributed by atoms with Gasteiger partial charge in [0.25, 0.3) is 0 Å². The van der Waals surface area contributed by atoms with Gasteiger partial charge in [0.15, 0.2) is 0 Å². The topological polar surface area (TPSA) is 38.5 Å². The van der Waals surface area contributed by atoms with Crippen molar-refractivity contribution in [1.82, 2.24) is 4.90 Å². The van der Waals surface area contributed by atoms with Gasteiger partial charge < -0.3 is 10.5 Å². The van der Waals surface area contributed by atoms with E-state index in [0.717, 1.165) is 31.7 Å². The Morgan fingerprint density at radius 3 is 3.00 bits per heavy atom. The fraction of sp³-hybridized carbons (Fsp3) is 0.923. The summed E-state index contributed by atoms with van der Waals surface area (Å²) in [5.41, 5.74) is 5.69. The van der Waals surface area contributed by atoms with Crippen molar-refractivity contribution < 1.29 is 4.74 Å². The van der Waals surface area contributed by atoms with E-state index in [1.54, 1.807) is 0 Å². The van der Waals surface area contributed by atoms with Crippen LogP contribution in [-0.2, 0) is 4.74 Å². The molecule has 1 aliphatic heterocycles. The molecule has 2 N–H and O–H groups in total. The van der Waals surface area contributed by atoms with Crippen LogP contribution in [0.15, 0.2) is 0 Å². The van der Waals surface area contributed by atoms with Crippen molar-refractivity contribution in [1.29, 1.82) is 0 Å². The third-order valence-electron chi connectivity index (χ3n) is 4.26. The highest BCUT2D eigenvalue weighted by atomic mass is 32.1. The van der Waals surface area contributed by atoms with Gasteiger partial charge in [0, 0.05) is 19.1 Å². The molecule has 0 amide bonds. The summed E-state index contributed by atoms with van der Waals surface area (Å²) in [5.74, 6) is 0.917. The van der Waals surface area contributed by atoms with Crippen LogP contribution in [0.3, 0.4) is 0 Å². The first-order chi connectivity index (χ1) is 8.20. The number of rotatable bonds is 3. The van der Waals surface area contributed by atoms with E-state index in [1.807, 2.05) is 0 Å². The maximum Gasteiger partial charge on any atom is 0.120 e. The quantitative estimate of drug-likeness (QED) is 0.783. The predicted octanol–water partition coefficient (Wildman–Crippen LogP) is 1.94. The zero-order valence-corrected chi connectivity index (χ0v) is 11.5. The maximum absolute atomic E-state index is 5.69. The zero-order chi connectivity index (χ0) is 12.3. The molecule has 4 heteroatoms. The molecule has 2 rings (SSSR count). The Balaban J connectivity index is 1.90. The number of nitrogens with two attached hydrogens (primary N) is 1. The largest absolute Gasteiger partial charge is 0.391 e. The van der Waals surface area contributed by atoms with Crippen LogP contribution in [0.1, 0.15) is 39.0 Å². The van der Waals surface area contributed by atoms with Gasteiger partial charge >= 0.3 is 0 Å². The molecule has 1 heterocycles. The average molecular weight is 256 g/mol. The van der Waals surface area contributed by atoms with Crippen LogP contribution in [0.4, 0.5) is 0 Å². The van der Waals surface area contributed by atoms with Gasteiger partial charge in [0.2, 0.25) is 0 Å². The van der Waals surface area contributed by atoms with Crippen molar-refractivity contribution in [2.24, 2.45) is 11.7 Å². The SMILES string of the molecule is CCC1CCCC(N2CCOC(C(N)=S)C2)C1. The Morgan fingerprint density at radius 2 is 2.29 bits per heavy atom. The number of nitrogens with zero attached hydrogens (tertiary/aromatic N) is 1. The number of morpholine rings is 1. The molecule has 17 heavy (non-hydrogen) atoms. The first-order valence-electron chi connectivity index (χ1n) is 6.85. The third kappa shape index (κ3) is 3.39. The standard InChI is InChI=1S/C13H24N2OS/c1-2-10-4-3-5-11(8-10)15-6-7-16-12(9-15)13(14)17/h10-12H,2-9H2,1H3,(H2,14,17). The second-order valence-electron chi connectivity index (χ2n) is 5.35. The van der Waals surface area contributed by atoms with Crippen molar-refractivity contribution in [3.63, 3.8) is 0 Å². The van der Waals surface area contributed by atoms with Crippen molar-refractivity contribution in [2.45, 2.75) is 51.2 Å². The van der Waals surface area contributed by atoms with Gasteiger partial charge in [-0.1, -0.05) is 38.4 Å². The van der Waals surface area contributed by atoms with Crippen molar-refractivity contribution >= 4 is 17.2 Å². The Hall–Kier alpha value is -0.190.